The van der Waals surface area contributed by atoms with Crippen molar-refractivity contribution in [3.8, 4) is 11.8 Å². The SMILES string of the molecule is C=C(CN(c1ccccc1C#Cc1ccc(C)cc1)S(=O)(=O)c1ccc(C)cc1)C(=O)OC. The maximum Gasteiger partial charge on any atom is 0.334 e. The van der Waals surface area contributed by atoms with Crippen LogP contribution in [0.1, 0.15) is 22.3 Å². The minimum atomic E-state index is -4.02. The van der Waals surface area contributed by atoms with Gasteiger partial charge in [-0.05, 0) is 50.2 Å². The van der Waals surface area contributed by atoms with Crippen LogP contribution >= 0.6 is 0 Å². The van der Waals surface area contributed by atoms with Crippen molar-refractivity contribution in [1.82, 2.24) is 0 Å². The van der Waals surface area contributed by atoms with E-state index in [1.165, 1.54) is 7.11 Å². The second kappa shape index (κ2) is 10.2. The molecular formula is C27H25NO4S. The fourth-order valence-corrected chi connectivity index (χ4v) is 4.57. The number of carbonyl (C=O) groups excluding carboxylic acids is 1. The van der Waals surface area contributed by atoms with Crippen LogP contribution in [-0.2, 0) is 19.6 Å². The summed E-state index contributed by atoms with van der Waals surface area (Å²) in [6.45, 7) is 7.33. The molecule has 0 fully saturated rings. The Bertz CT molecular complexity index is 1330. The van der Waals surface area contributed by atoms with Gasteiger partial charge in [-0.1, -0.05) is 65.9 Å². The Hall–Kier alpha value is -3.82. The first kappa shape index (κ1) is 23.8. The number of aryl methyl sites for hydroxylation is 2. The van der Waals surface area contributed by atoms with Gasteiger partial charge in [0.25, 0.3) is 10.0 Å². The summed E-state index contributed by atoms with van der Waals surface area (Å²) >= 11 is 0. The third-order valence-electron chi connectivity index (χ3n) is 4.98. The highest BCUT2D eigenvalue weighted by Gasteiger charge is 2.28. The van der Waals surface area contributed by atoms with Crippen LogP contribution in [0.2, 0.25) is 0 Å². The number of sulfonamides is 1. The molecule has 0 aliphatic carbocycles. The van der Waals surface area contributed by atoms with E-state index in [4.69, 9.17) is 4.74 Å². The Labute approximate surface area is 195 Å². The number of nitrogens with zero attached hydrogens (tertiary/aromatic N) is 1. The van der Waals surface area contributed by atoms with Gasteiger partial charge in [-0.25, -0.2) is 13.2 Å². The number of benzene rings is 3. The standard InChI is InChI=1S/C27H25NO4S/c1-20-9-13-23(14-10-20)15-16-24-7-5-6-8-26(24)28(19-22(3)27(29)32-4)33(30,31)25-17-11-21(2)12-18-25/h5-14,17-18H,3,19H2,1-2,4H3. The zero-order valence-electron chi connectivity index (χ0n) is 18.8. The van der Waals surface area contributed by atoms with Gasteiger partial charge in [0.05, 0.1) is 29.8 Å². The minimum Gasteiger partial charge on any atom is -0.466 e. The maximum atomic E-state index is 13.6. The van der Waals surface area contributed by atoms with E-state index in [1.807, 2.05) is 38.1 Å². The molecule has 168 valence electrons. The van der Waals surface area contributed by atoms with Crippen LogP contribution in [0.5, 0.6) is 0 Å². The van der Waals surface area contributed by atoms with Gasteiger partial charge in [0.2, 0.25) is 0 Å². The average molecular weight is 460 g/mol. The summed E-state index contributed by atoms with van der Waals surface area (Å²) < 4.78 is 33.2. The highest BCUT2D eigenvalue weighted by molar-refractivity contribution is 7.92. The second-order valence-corrected chi connectivity index (χ2v) is 9.42. The molecule has 0 saturated carbocycles. The summed E-state index contributed by atoms with van der Waals surface area (Å²) in [7, 11) is -2.79. The van der Waals surface area contributed by atoms with Crippen molar-refractivity contribution < 1.29 is 17.9 Å². The molecule has 0 saturated heterocycles. The van der Waals surface area contributed by atoms with Crippen LogP contribution in [0.15, 0.2) is 89.8 Å². The molecule has 0 heterocycles. The van der Waals surface area contributed by atoms with Gasteiger partial charge in [0.1, 0.15) is 0 Å². The fraction of sp³-hybridized carbons (Fsp3) is 0.148. The number of para-hydroxylation sites is 1. The van der Waals surface area contributed by atoms with Crippen LogP contribution in [-0.4, -0.2) is 28.0 Å². The predicted octanol–water partition coefficient (Wildman–Crippen LogP) is 4.63. The predicted molar refractivity (Wildman–Crippen MR) is 130 cm³/mol. The van der Waals surface area contributed by atoms with E-state index in [1.54, 1.807) is 48.5 Å². The van der Waals surface area contributed by atoms with E-state index in [-0.39, 0.29) is 17.0 Å². The Balaban J connectivity index is 2.11. The van der Waals surface area contributed by atoms with Crippen LogP contribution in [0.25, 0.3) is 0 Å². The average Bonchev–Trinajstić information content (AvgIpc) is 2.82. The quantitative estimate of drug-likeness (QED) is 0.306. The van der Waals surface area contributed by atoms with Crippen molar-refractivity contribution in [2.75, 3.05) is 18.0 Å². The number of hydrogen-bond donors (Lipinski definition) is 0. The molecule has 0 aromatic heterocycles. The van der Waals surface area contributed by atoms with Gasteiger partial charge in [-0.3, -0.25) is 4.31 Å². The number of carbonyl (C=O) groups is 1. The minimum absolute atomic E-state index is 0.00878. The highest BCUT2D eigenvalue weighted by atomic mass is 32.2. The second-order valence-electron chi connectivity index (χ2n) is 7.55. The van der Waals surface area contributed by atoms with Gasteiger partial charge in [0, 0.05) is 11.1 Å². The van der Waals surface area contributed by atoms with Crippen LogP contribution in [0.3, 0.4) is 0 Å². The van der Waals surface area contributed by atoms with Crippen LogP contribution < -0.4 is 4.31 Å². The first-order valence-corrected chi connectivity index (χ1v) is 11.7. The molecule has 3 aromatic carbocycles. The number of ether oxygens (including phenoxy) is 1. The fourth-order valence-electron chi connectivity index (χ4n) is 3.09. The zero-order valence-corrected chi connectivity index (χ0v) is 19.6. The molecule has 3 aromatic rings. The molecule has 0 N–H and O–H groups in total. The number of methoxy groups -OCH3 is 1. The summed E-state index contributed by atoms with van der Waals surface area (Å²) in [5.74, 6) is 5.48. The molecule has 3 rings (SSSR count). The normalized spacial score (nSPS) is 10.6. The summed E-state index contributed by atoms with van der Waals surface area (Å²) in [4.78, 5) is 12.1. The number of esters is 1. The van der Waals surface area contributed by atoms with Gasteiger partial charge in [0.15, 0.2) is 0 Å². The lowest BCUT2D eigenvalue weighted by Gasteiger charge is -2.26. The van der Waals surface area contributed by atoms with Crippen molar-refractivity contribution >= 4 is 21.7 Å². The topological polar surface area (TPSA) is 63.7 Å². The largest absolute Gasteiger partial charge is 0.466 e. The number of rotatable bonds is 6. The van der Waals surface area contributed by atoms with E-state index < -0.39 is 16.0 Å². The first-order valence-electron chi connectivity index (χ1n) is 10.3. The lowest BCUT2D eigenvalue weighted by Crippen LogP contribution is -2.35. The van der Waals surface area contributed by atoms with Crippen molar-refractivity contribution in [2.24, 2.45) is 0 Å². The molecular weight excluding hydrogens is 434 g/mol. The Kier molecular flexibility index (Phi) is 7.37. The van der Waals surface area contributed by atoms with E-state index >= 15 is 0 Å². The summed E-state index contributed by atoms with van der Waals surface area (Å²) in [6.07, 6.45) is 0. The molecule has 5 nitrogen and oxygen atoms in total. The highest BCUT2D eigenvalue weighted by Crippen LogP contribution is 2.28. The maximum absolute atomic E-state index is 13.6. The molecule has 6 heteroatoms. The van der Waals surface area contributed by atoms with Crippen molar-refractivity contribution in [2.45, 2.75) is 18.7 Å². The molecule has 0 radical (unpaired) electrons. The molecule has 0 unspecified atom stereocenters. The number of hydrogen-bond acceptors (Lipinski definition) is 4. The summed E-state index contributed by atoms with van der Waals surface area (Å²) in [5, 5.41) is 0. The van der Waals surface area contributed by atoms with E-state index in [9.17, 15) is 13.2 Å². The molecule has 0 aliphatic heterocycles. The molecule has 0 aliphatic rings. The molecule has 0 amide bonds. The zero-order chi connectivity index (χ0) is 24.0. The van der Waals surface area contributed by atoms with E-state index in [0.29, 0.717) is 11.3 Å². The van der Waals surface area contributed by atoms with Gasteiger partial charge in [-0.2, -0.15) is 0 Å². The Morgan fingerprint density at radius 2 is 1.48 bits per heavy atom. The Morgan fingerprint density at radius 1 is 0.909 bits per heavy atom. The van der Waals surface area contributed by atoms with Crippen molar-refractivity contribution in [1.29, 1.82) is 0 Å². The summed E-state index contributed by atoms with van der Waals surface area (Å²) in [6, 6.07) is 21.2. The van der Waals surface area contributed by atoms with E-state index in [2.05, 4.69) is 18.4 Å². The Morgan fingerprint density at radius 3 is 2.09 bits per heavy atom. The van der Waals surface area contributed by atoms with Gasteiger partial charge in [-0.15, -0.1) is 0 Å². The lowest BCUT2D eigenvalue weighted by molar-refractivity contribution is -0.136. The van der Waals surface area contributed by atoms with Crippen LogP contribution in [0, 0.1) is 25.7 Å². The summed E-state index contributed by atoms with van der Waals surface area (Å²) in [5.41, 5.74) is 3.73. The monoisotopic (exact) mass is 459 g/mol. The van der Waals surface area contributed by atoms with Crippen LogP contribution in [0.4, 0.5) is 5.69 Å². The van der Waals surface area contributed by atoms with E-state index in [0.717, 1.165) is 21.0 Å². The smallest absolute Gasteiger partial charge is 0.334 e. The lowest BCUT2D eigenvalue weighted by atomic mass is 10.1. The molecule has 0 bridgehead atoms. The van der Waals surface area contributed by atoms with Gasteiger partial charge < -0.3 is 4.74 Å². The molecule has 0 spiro atoms. The molecule has 33 heavy (non-hydrogen) atoms. The number of anilines is 1. The molecule has 0 atom stereocenters. The third-order valence-corrected chi connectivity index (χ3v) is 6.76. The van der Waals surface area contributed by atoms with Crippen molar-refractivity contribution in [3.63, 3.8) is 0 Å². The first-order chi connectivity index (χ1) is 15.7. The van der Waals surface area contributed by atoms with Crippen molar-refractivity contribution in [3.05, 3.63) is 107 Å². The third kappa shape index (κ3) is 5.71. The van der Waals surface area contributed by atoms with Gasteiger partial charge >= 0.3 is 5.97 Å².